The summed E-state index contributed by atoms with van der Waals surface area (Å²) in [4.78, 5) is 11.7. The van der Waals surface area contributed by atoms with Gasteiger partial charge in [0.1, 0.15) is 5.60 Å². The molecule has 0 aliphatic heterocycles. The Morgan fingerprint density at radius 2 is 1.95 bits per heavy atom. The summed E-state index contributed by atoms with van der Waals surface area (Å²) in [7, 11) is 0. The lowest BCUT2D eigenvalue weighted by Crippen LogP contribution is -2.39. The molecule has 22 heavy (non-hydrogen) atoms. The third-order valence-electron chi connectivity index (χ3n) is 2.93. The number of carbonyl (C=O) groups excluding carboxylic acids is 1. The second-order valence-electron chi connectivity index (χ2n) is 6.34. The molecule has 1 amide bonds. The van der Waals surface area contributed by atoms with Gasteiger partial charge in [-0.2, -0.15) is 5.10 Å². The van der Waals surface area contributed by atoms with E-state index in [-0.39, 0.29) is 6.04 Å². The van der Waals surface area contributed by atoms with Crippen molar-refractivity contribution in [2.24, 2.45) is 0 Å². The van der Waals surface area contributed by atoms with Gasteiger partial charge in [-0.05, 0) is 33.8 Å². The molecule has 5 heteroatoms. The van der Waals surface area contributed by atoms with Gasteiger partial charge >= 0.3 is 6.09 Å². The number of nitrogens with one attached hydrogen (secondary N) is 1. The molecule has 0 fully saturated rings. The average Bonchev–Trinajstić information content (AvgIpc) is 2.85. The summed E-state index contributed by atoms with van der Waals surface area (Å²) in [5.41, 5.74) is 1.51. The van der Waals surface area contributed by atoms with Crippen LogP contribution in [0.3, 0.4) is 0 Å². The summed E-state index contributed by atoms with van der Waals surface area (Å²) in [6.07, 6.45) is 1.51. The number of amides is 1. The zero-order valence-corrected chi connectivity index (χ0v) is 13.5. The molecule has 1 N–H and O–H groups in total. The Morgan fingerprint density at radius 1 is 1.27 bits per heavy atom. The lowest BCUT2D eigenvalue weighted by atomic mass is 10.2. The average molecular weight is 301 g/mol. The summed E-state index contributed by atoms with van der Waals surface area (Å²) in [6.45, 7) is 8.05. The first-order chi connectivity index (χ1) is 10.3. The number of ether oxygens (including phenoxy) is 1. The minimum absolute atomic E-state index is 0.0710. The van der Waals surface area contributed by atoms with E-state index in [1.54, 1.807) is 0 Å². The molecule has 0 unspecified atom stereocenters. The van der Waals surface area contributed by atoms with Crippen LogP contribution in [0.25, 0.3) is 11.3 Å². The van der Waals surface area contributed by atoms with E-state index in [2.05, 4.69) is 10.4 Å². The summed E-state index contributed by atoms with van der Waals surface area (Å²) in [5.74, 6) is 0. The van der Waals surface area contributed by atoms with Gasteiger partial charge in [-0.25, -0.2) is 4.79 Å². The Labute approximate surface area is 131 Å². The molecule has 1 aromatic carbocycles. The van der Waals surface area contributed by atoms with Gasteiger partial charge in [-0.3, -0.25) is 4.68 Å². The fraction of sp³-hybridized carbons (Fsp3) is 0.412. The smallest absolute Gasteiger partial charge is 0.407 e. The quantitative estimate of drug-likeness (QED) is 0.941. The van der Waals surface area contributed by atoms with E-state index in [1.807, 2.05) is 75.0 Å². The Kier molecular flexibility index (Phi) is 4.85. The van der Waals surface area contributed by atoms with E-state index in [0.717, 1.165) is 11.3 Å². The number of alkyl carbamates (subject to hydrolysis) is 1. The van der Waals surface area contributed by atoms with Gasteiger partial charge in [0, 0.05) is 17.8 Å². The van der Waals surface area contributed by atoms with Crippen LogP contribution in [0.4, 0.5) is 4.79 Å². The second kappa shape index (κ2) is 6.64. The van der Waals surface area contributed by atoms with E-state index in [1.165, 1.54) is 0 Å². The normalized spacial score (nSPS) is 12.7. The molecular weight excluding hydrogens is 278 g/mol. The Hall–Kier alpha value is -2.30. The molecule has 0 aliphatic carbocycles. The number of benzene rings is 1. The van der Waals surface area contributed by atoms with Crippen LogP contribution in [-0.2, 0) is 11.3 Å². The molecule has 2 aromatic rings. The number of hydrogen-bond acceptors (Lipinski definition) is 3. The zero-order valence-electron chi connectivity index (χ0n) is 13.5. The minimum Gasteiger partial charge on any atom is -0.444 e. The molecule has 1 heterocycles. The number of rotatable bonds is 4. The predicted molar refractivity (Wildman–Crippen MR) is 86.5 cm³/mol. The van der Waals surface area contributed by atoms with Gasteiger partial charge in [0.15, 0.2) is 0 Å². The van der Waals surface area contributed by atoms with E-state index in [4.69, 9.17) is 4.74 Å². The first-order valence-corrected chi connectivity index (χ1v) is 7.42. The third-order valence-corrected chi connectivity index (χ3v) is 2.93. The Bertz CT molecular complexity index is 614. The Morgan fingerprint density at radius 3 is 2.59 bits per heavy atom. The van der Waals surface area contributed by atoms with Crippen LogP contribution in [0.1, 0.15) is 27.7 Å². The van der Waals surface area contributed by atoms with Crippen molar-refractivity contribution >= 4 is 6.09 Å². The van der Waals surface area contributed by atoms with Crippen molar-refractivity contribution in [1.82, 2.24) is 15.1 Å². The fourth-order valence-corrected chi connectivity index (χ4v) is 2.06. The first kappa shape index (κ1) is 16.1. The molecule has 0 aliphatic rings. The van der Waals surface area contributed by atoms with Crippen molar-refractivity contribution in [3.8, 4) is 11.3 Å². The van der Waals surface area contributed by atoms with Gasteiger partial charge in [-0.15, -0.1) is 0 Å². The lowest BCUT2D eigenvalue weighted by Gasteiger charge is -2.21. The van der Waals surface area contributed by atoms with Crippen molar-refractivity contribution in [2.75, 3.05) is 0 Å². The van der Waals surface area contributed by atoms with E-state index < -0.39 is 11.7 Å². The molecule has 5 nitrogen and oxygen atoms in total. The van der Waals surface area contributed by atoms with Crippen LogP contribution < -0.4 is 5.32 Å². The minimum atomic E-state index is -0.490. The molecule has 1 aromatic heterocycles. The number of carbonyl (C=O) groups is 1. The summed E-state index contributed by atoms with van der Waals surface area (Å²) < 4.78 is 7.06. The monoisotopic (exact) mass is 301 g/mol. The third kappa shape index (κ3) is 4.91. The van der Waals surface area contributed by atoms with Gasteiger partial charge < -0.3 is 10.1 Å². The number of aromatic nitrogens is 2. The predicted octanol–water partition coefficient (Wildman–Crippen LogP) is 3.46. The molecule has 1 atom stereocenters. The molecule has 0 spiro atoms. The maximum Gasteiger partial charge on any atom is 0.407 e. The van der Waals surface area contributed by atoms with Crippen LogP contribution >= 0.6 is 0 Å². The Balaban J connectivity index is 1.91. The summed E-state index contributed by atoms with van der Waals surface area (Å²) in [6, 6.07) is 11.9. The maximum atomic E-state index is 11.7. The van der Waals surface area contributed by atoms with Crippen molar-refractivity contribution in [1.29, 1.82) is 0 Å². The molecule has 0 saturated heterocycles. The van der Waals surface area contributed by atoms with E-state index in [9.17, 15) is 4.79 Å². The largest absolute Gasteiger partial charge is 0.444 e. The standard InChI is InChI=1S/C17H23N3O2/c1-13(18-16(21)22-17(2,3)4)12-20-11-10-15(19-20)14-8-6-5-7-9-14/h5-11,13H,12H2,1-4H3,(H,18,21)/t13-/m1/s1. The topological polar surface area (TPSA) is 56.2 Å². The van der Waals surface area contributed by atoms with Crippen LogP contribution in [0.15, 0.2) is 42.6 Å². The molecule has 0 saturated carbocycles. The molecular formula is C17H23N3O2. The summed E-state index contributed by atoms with van der Waals surface area (Å²) in [5, 5.41) is 7.34. The fourth-order valence-electron chi connectivity index (χ4n) is 2.06. The summed E-state index contributed by atoms with van der Waals surface area (Å²) >= 11 is 0. The number of nitrogens with zero attached hydrogens (tertiary/aromatic N) is 2. The van der Waals surface area contributed by atoms with Crippen LogP contribution in [0.5, 0.6) is 0 Å². The highest BCUT2D eigenvalue weighted by molar-refractivity contribution is 5.68. The zero-order chi connectivity index (χ0) is 16.2. The highest BCUT2D eigenvalue weighted by Gasteiger charge is 2.17. The molecule has 0 radical (unpaired) electrons. The van der Waals surface area contributed by atoms with Crippen molar-refractivity contribution in [3.05, 3.63) is 42.6 Å². The van der Waals surface area contributed by atoms with Crippen molar-refractivity contribution in [3.63, 3.8) is 0 Å². The highest BCUT2D eigenvalue weighted by Crippen LogP contribution is 2.15. The van der Waals surface area contributed by atoms with Gasteiger partial charge in [0.2, 0.25) is 0 Å². The highest BCUT2D eigenvalue weighted by atomic mass is 16.6. The SMILES string of the molecule is C[C@H](Cn1ccc(-c2ccccc2)n1)NC(=O)OC(C)(C)C. The van der Waals surface area contributed by atoms with Gasteiger partial charge in [0.05, 0.1) is 12.2 Å². The van der Waals surface area contributed by atoms with E-state index >= 15 is 0 Å². The van der Waals surface area contributed by atoms with Gasteiger partial charge in [-0.1, -0.05) is 30.3 Å². The second-order valence-corrected chi connectivity index (χ2v) is 6.34. The number of hydrogen-bond donors (Lipinski definition) is 1. The van der Waals surface area contributed by atoms with Crippen LogP contribution in [0, 0.1) is 0 Å². The van der Waals surface area contributed by atoms with Crippen molar-refractivity contribution in [2.45, 2.75) is 45.9 Å². The van der Waals surface area contributed by atoms with E-state index in [0.29, 0.717) is 6.54 Å². The van der Waals surface area contributed by atoms with Crippen LogP contribution in [0.2, 0.25) is 0 Å². The lowest BCUT2D eigenvalue weighted by molar-refractivity contribution is 0.0503. The van der Waals surface area contributed by atoms with Gasteiger partial charge in [0.25, 0.3) is 0 Å². The van der Waals surface area contributed by atoms with Crippen molar-refractivity contribution < 1.29 is 9.53 Å². The van der Waals surface area contributed by atoms with Crippen LogP contribution in [-0.4, -0.2) is 27.5 Å². The molecule has 118 valence electrons. The first-order valence-electron chi connectivity index (χ1n) is 7.42. The maximum absolute atomic E-state index is 11.7. The molecule has 2 rings (SSSR count). The molecule has 0 bridgehead atoms.